The van der Waals surface area contributed by atoms with Crippen LogP contribution in [0.25, 0.3) is 22.2 Å². The number of benzene rings is 2. The van der Waals surface area contributed by atoms with Crippen molar-refractivity contribution in [3.05, 3.63) is 58.6 Å². The SMILES string of the molecule is Cn1c(=O)oc2ccc(-c3ccc(C4(C(C#N)NC(=O)C5CNCCCO5)CC4)cc3)cc21. The molecule has 2 fully saturated rings. The average molecular weight is 447 g/mol. The van der Waals surface area contributed by atoms with Gasteiger partial charge in [0.15, 0.2) is 5.58 Å². The van der Waals surface area contributed by atoms with E-state index in [0.717, 1.165) is 48.0 Å². The van der Waals surface area contributed by atoms with Crippen LogP contribution in [0.5, 0.6) is 0 Å². The van der Waals surface area contributed by atoms with Gasteiger partial charge in [0, 0.05) is 25.6 Å². The predicted molar refractivity (Wildman–Crippen MR) is 123 cm³/mol. The first-order valence-corrected chi connectivity index (χ1v) is 11.2. The van der Waals surface area contributed by atoms with Crippen LogP contribution < -0.4 is 16.4 Å². The number of oxazole rings is 1. The van der Waals surface area contributed by atoms with E-state index in [1.54, 1.807) is 13.1 Å². The van der Waals surface area contributed by atoms with E-state index < -0.39 is 12.1 Å². The molecule has 0 spiro atoms. The number of carbonyl (C=O) groups is 1. The normalized spacial score (nSPS) is 20.5. The van der Waals surface area contributed by atoms with Gasteiger partial charge in [-0.25, -0.2) is 4.79 Å². The summed E-state index contributed by atoms with van der Waals surface area (Å²) in [5.41, 5.74) is 3.93. The molecular formula is C25H26N4O4. The highest BCUT2D eigenvalue weighted by atomic mass is 16.5. The summed E-state index contributed by atoms with van der Waals surface area (Å²) in [6.45, 7) is 1.82. The Morgan fingerprint density at radius 3 is 2.73 bits per heavy atom. The fourth-order valence-corrected chi connectivity index (χ4v) is 4.59. The van der Waals surface area contributed by atoms with Crippen LogP contribution in [0.2, 0.25) is 0 Å². The van der Waals surface area contributed by atoms with Gasteiger partial charge in [0.2, 0.25) is 0 Å². The first-order valence-electron chi connectivity index (χ1n) is 11.2. The first-order chi connectivity index (χ1) is 16.0. The van der Waals surface area contributed by atoms with Gasteiger partial charge < -0.3 is 19.8 Å². The fourth-order valence-electron chi connectivity index (χ4n) is 4.59. The molecule has 1 aromatic heterocycles. The number of fused-ring (bicyclic) bond motifs is 1. The van der Waals surface area contributed by atoms with E-state index in [9.17, 15) is 14.9 Å². The van der Waals surface area contributed by atoms with Crippen molar-refractivity contribution in [1.82, 2.24) is 15.2 Å². The average Bonchev–Trinajstić information content (AvgIpc) is 3.63. The van der Waals surface area contributed by atoms with Crippen LogP contribution in [0.15, 0.2) is 51.7 Å². The predicted octanol–water partition coefficient (Wildman–Crippen LogP) is 2.22. The Morgan fingerprint density at radius 2 is 2.00 bits per heavy atom. The molecule has 2 unspecified atom stereocenters. The molecule has 1 aliphatic carbocycles. The van der Waals surface area contributed by atoms with Crippen molar-refractivity contribution in [2.45, 2.75) is 36.8 Å². The van der Waals surface area contributed by atoms with Crippen molar-refractivity contribution in [2.75, 3.05) is 19.7 Å². The van der Waals surface area contributed by atoms with Crippen molar-refractivity contribution >= 4 is 17.0 Å². The summed E-state index contributed by atoms with van der Waals surface area (Å²) in [5, 5.41) is 16.0. The van der Waals surface area contributed by atoms with Gasteiger partial charge in [-0.05, 0) is 54.6 Å². The Hall–Kier alpha value is -3.41. The van der Waals surface area contributed by atoms with Crippen molar-refractivity contribution in [3.63, 3.8) is 0 Å². The van der Waals surface area contributed by atoms with Gasteiger partial charge in [0.25, 0.3) is 5.91 Å². The molecule has 2 N–H and O–H groups in total. The Labute approximate surface area is 191 Å². The highest BCUT2D eigenvalue weighted by molar-refractivity contribution is 5.82. The lowest BCUT2D eigenvalue weighted by Crippen LogP contribution is -2.49. The van der Waals surface area contributed by atoms with Crippen LogP contribution in [0.4, 0.5) is 0 Å². The van der Waals surface area contributed by atoms with Crippen molar-refractivity contribution in [3.8, 4) is 17.2 Å². The molecule has 1 aliphatic heterocycles. The monoisotopic (exact) mass is 446 g/mol. The highest BCUT2D eigenvalue weighted by Crippen LogP contribution is 2.51. The zero-order chi connectivity index (χ0) is 23.0. The summed E-state index contributed by atoms with van der Waals surface area (Å²) in [7, 11) is 1.68. The minimum Gasteiger partial charge on any atom is -0.408 e. The molecule has 2 atom stereocenters. The zero-order valence-corrected chi connectivity index (χ0v) is 18.5. The number of amides is 1. The Morgan fingerprint density at radius 1 is 1.24 bits per heavy atom. The number of aryl methyl sites for hydroxylation is 1. The molecule has 2 aliphatic rings. The van der Waals surface area contributed by atoms with Crippen molar-refractivity contribution in [2.24, 2.45) is 7.05 Å². The van der Waals surface area contributed by atoms with Crippen LogP contribution in [0, 0.1) is 11.3 Å². The van der Waals surface area contributed by atoms with Gasteiger partial charge in [-0.3, -0.25) is 9.36 Å². The van der Waals surface area contributed by atoms with Gasteiger partial charge in [-0.2, -0.15) is 5.26 Å². The summed E-state index contributed by atoms with van der Waals surface area (Å²) in [6.07, 6.45) is 1.98. The van der Waals surface area contributed by atoms with Gasteiger partial charge in [0.05, 0.1) is 11.6 Å². The number of nitrogens with zero attached hydrogens (tertiary/aromatic N) is 2. The fraction of sp³-hybridized carbons (Fsp3) is 0.400. The van der Waals surface area contributed by atoms with Gasteiger partial charge in [-0.1, -0.05) is 30.3 Å². The van der Waals surface area contributed by atoms with Crippen molar-refractivity contribution < 1.29 is 13.9 Å². The molecule has 1 amide bonds. The smallest absolute Gasteiger partial charge is 0.408 e. The maximum Gasteiger partial charge on any atom is 0.419 e. The third-order valence-electron chi connectivity index (χ3n) is 6.78. The molecule has 8 heteroatoms. The van der Waals surface area contributed by atoms with Crippen LogP contribution >= 0.6 is 0 Å². The number of aromatic nitrogens is 1. The molecule has 0 bridgehead atoms. The first kappa shape index (κ1) is 21.4. The molecule has 3 aromatic rings. The van der Waals surface area contributed by atoms with Crippen LogP contribution in [-0.4, -0.2) is 42.3 Å². The molecule has 8 nitrogen and oxygen atoms in total. The zero-order valence-electron chi connectivity index (χ0n) is 18.5. The number of hydrogen-bond donors (Lipinski definition) is 2. The van der Waals surface area contributed by atoms with E-state index in [1.807, 2.05) is 36.4 Å². The van der Waals surface area contributed by atoms with Gasteiger partial charge >= 0.3 is 5.76 Å². The highest BCUT2D eigenvalue weighted by Gasteiger charge is 2.52. The summed E-state index contributed by atoms with van der Waals surface area (Å²) in [5.74, 6) is -0.624. The topological polar surface area (TPSA) is 109 Å². The lowest BCUT2D eigenvalue weighted by molar-refractivity contribution is -0.132. The molecule has 33 heavy (non-hydrogen) atoms. The number of ether oxygens (including phenoxy) is 1. The Balaban J connectivity index is 1.35. The van der Waals surface area contributed by atoms with Gasteiger partial charge in [-0.15, -0.1) is 0 Å². The number of hydrogen-bond acceptors (Lipinski definition) is 6. The second kappa shape index (κ2) is 8.50. The molecule has 5 rings (SSSR count). The van der Waals surface area contributed by atoms with E-state index in [4.69, 9.17) is 9.15 Å². The number of carbonyl (C=O) groups excluding carboxylic acids is 1. The van der Waals surface area contributed by atoms with E-state index in [0.29, 0.717) is 18.7 Å². The van der Waals surface area contributed by atoms with E-state index in [2.05, 4.69) is 16.7 Å². The van der Waals surface area contributed by atoms with Gasteiger partial charge in [0.1, 0.15) is 12.1 Å². The minimum absolute atomic E-state index is 0.238. The standard InChI is InChI=1S/C25H26N4O4/c1-29-19-13-17(5-8-20(19)33-24(29)31)16-3-6-18(7-4-16)25(9-10-25)22(14-26)28-23(30)21-15-27-11-2-12-32-21/h3-8,13,21-22,27H,2,9-12,15H2,1H3,(H,28,30). The largest absolute Gasteiger partial charge is 0.419 e. The summed E-state index contributed by atoms with van der Waals surface area (Å²) in [4.78, 5) is 24.5. The van der Waals surface area contributed by atoms with Crippen LogP contribution in [0.1, 0.15) is 24.8 Å². The lowest BCUT2D eigenvalue weighted by Gasteiger charge is -2.25. The molecule has 2 aromatic carbocycles. The molecular weight excluding hydrogens is 420 g/mol. The maximum absolute atomic E-state index is 12.7. The number of nitriles is 1. The van der Waals surface area contributed by atoms with E-state index in [-0.39, 0.29) is 17.1 Å². The van der Waals surface area contributed by atoms with E-state index >= 15 is 0 Å². The summed E-state index contributed by atoms with van der Waals surface area (Å²) < 4.78 is 12.3. The number of rotatable bonds is 5. The van der Waals surface area contributed by atoms with E-state index in [1.165, 1.54) is 4.57 Å². The maximum atomic E-state index is 12.7. The molecule has 0 radical (unpaired) electrons. The third-order valence-corrected chi connectivity index (χ3v) is 6.78. The molecule has 2 heterocycles. The second-order valence-corrected chi connectivity index (χ2v) is 8.83. The quantitative estimate of drug-likeness (QED) is 0.622. The summed E-state index contributed by atoms with van der Waals surface area (Å²) in [6, 6.07) is 15.4. The summed E-state index contributed by atoms with van der Waals surface area (Å²) >= 11 is 0. The Kier molecular flexibility index (Phi) is 5.52. The molecule has 1 saturated carbocycles. The molecule has 1 saturated heterocycles. The minimum atomic E-state index is -0.612. The number of nitrogens with one attached hydrogen (secondary N) is 2. The van der Waals surface area contributed by atoms with Crippen LogP contribution in [-0.2, 0) is 22.0 Å². The van der Waals surface area contributed by atoms with Crippen LogP contribution in [0.3, 0.4) is 0 Å². The Bertz CT molecular complexity index is 1270. The molecule has 170 valence electrons. The second-order valence-electron chi connectivity index (χ2n) is 8.83. The third kappa shape index (κ3) is 3.94. The lowest BCUT2D eigenvalue weighted by atomic mass is 9.87. The van der Waals surface area contributed by atoms with Crippen molar-refractivity contribution in [1.29, 1.82) is 5.26 Å².